The van der Waals surface area contributed by atoms with Crippen LogP contribution in [0, 0.1) is 0 Å². The zero-order valence-electron chi connectivity index (χ0n) is 10.4. The van der Waals surface area contributed by atoms with Crippen LogP contribution in [0.3, 0.4) is 0 Å². The maximum Gasteiger partial charge on any atom is 0.0583 e. The Morgan fingerprint density at radius 3 is 2.89 bits per heavy atom. The number of ether oxygens (including phenoxy) is 1. The first-order chi connectivity index (χ1) is 8.75. The Hall–Kier alpha value is -0.380. The van der Waals surface area contributed by atoms with Gasteiger partial charge in [0, 0.05) is 33.9 Å². The van der Waals surface area contributed by atoms with Gasteiger partial charge in [0.2, 0.25) is 0 Å². The molecule has 0 saturated carbocycles. The molecule has 0 radical (unpaired) electrons. The summed E-state index contributed by atoms with van der Waals surface area (Å²) in [6.45, 7) is 0.863. The van der Waals surface area contributed by atoms with Gasteiger partial charge in [0.15, 0.2) is 0 Å². The molecule has 0 spiro atoms. The van der Waals surface area contributed by atoms with Gasteiger partial charge in [-0.3, -0.25) is 4.21 Å². The normalized spacial score (nSPS) is 21.7. The Bertz CT molecular complexity index is 403. The smallest absolute Gasteiger partial charge is 0.0583 e. The van der Waals surface area contributed by atoms with Crippen LogP contribution in [-0.4, -0.2) is 22.7 Å². The van der Waals surface area contributed by atoms with Crippen LogP contribution in [-0.2, 0) is 21.3 Å². The van der Waals surface area contributed by atoms with E-state index in [1.807, 2.05) is 24.3 Å². The molecule has 0 unspecified atom stereocenters. The summed E-state index contributed by atoms with van der Waals surface area (Å²) in [5.74, 6) is 1.25. The molecule has 1 aliphatic rings. The molecule has 1 heterocycles. The van der Waals surface area contributed by atoms with E-state index in [0.29, 0.717) is 22.6 Å². The van der Waals surface area contributed by atoms with E-state index in [1.54, 1.807) is 0 Å². The highest BCUT2D eigenvalue weighted by Crippen LogP contribution is 2.19. The summed E-state index contributed by atoms with van der Waals surface area (Å²) in [4.78, 5) is 0. The summed E-state index contributed by atoms with van der Waals surface area (Å²) in [6, 6.07) is 7.61. The topological polar surface area (TPSA) is 26.3 Å². The molecule has 0 bridgehead atoms. The fourth-order valence-electron chi connectivity index (χ4n) is 2.16. The highest BCUT2D eigenvalue weighted by Gasteiger charge is 2.15. The molecule has 1 aliphatic heterocycles. The second kappa shape index (κ2) is 7.27. The van der Waals surface area contributed by atoms with Crippen molar-refractivity contribution in [3.8, 4) is 0 Å². The lowest BCUT2D eigenvalue weighted by atomic mass is 10.1. The SMILES string of the molecule is O=[S@](CC[C@@H]1CCCCO1)Cc1ccccc1Cl. The molecule has 1 aromatic rings. The van der Waals surface area contributed by atoms with Crippen LogP contribution in [0.2, 0.25) is 5.02 Å². The lowest BCUT2D eigenvalue weighted by Crippen LogP contribution is -2.21. The largest absolute Gasteiger partial charge is 0.378 e. The van der Waals surface area contributed by atoms with Crippen LogP contribution in [0.5, 0.6) is 0 Å². The molecule has 2 atom stereocenters. The zero-order valence-corrected chi connectivity index (χ0v) is 12.0. The Morgan fingerprint density at radius 2 is 2.17 bits per heavy atom. The van der Waals surface area contributed by atoms with Crippen LogP contribution in [0.15, 0.2) is 24.3 Å². The number of halogens is 1. The molecule has 100 valence electrons. The Labute approximate surface area is 116 Å². The summed E-state index contributed by atoms with van der Waals surface area (Å²) in [7, 11) is -0.847. The van der Waals surface area contributed by atoms with E-state index in [2.05, 4.69) is 0 Å². The van der Waals surface area contributed by atoms with E-state index >= 15 is 0 Å². The summed E-state index contributed by atoms with van der Waals surface area (Å²) in [5.41, 5.74) is 0.974. The Balaban J connectivity index is 1.76. The van der Waals surface area contributed by atoms with Gasteiger partial charge in [-0.2, -0.15) is 0 Å². The second-order valence-corrected chi connectivity index (χ2v) is 6.64. The molecule has 2 nitrogen and oxygen atoms in total. The molecule has 1 aromatic carbocycles. The van der Waals surface area contributed by atoms with E-state index in [4.69, 9.17) is 16.3 Å². The summed E-state index contributed by atoms with van der Waals surface area (Å²) in [5, 5.41) is 0.708. The predicted octanol–water partition coefficient (Wildman–Crippen LogP) is 3.55. The number of rotatable bonds is 5. The minimum Gasteiger partial charge on any atom is -0.378 e. The van der Waals surface area contributed by atoms with Crippen molar-refractivity contribution < 1.29 is 8.95 Å². The van der Waals surface area contributed by atoms with Crippen molar-refractivity contribution in [1.82, 2.24) is 0 Å². The minimum atomic E-state index is -0.847. The second-order valence-electron chi connectivity index (χ2n) is 4.66. The fraction of sp³-hybridized carbons (Fsp3) is 0.571. The first-order valence-corrected chi connectivity index (χ1v) is 8.32. The van der Waals surface area contributed by atoms with Crippen molar-refractivity contribution in [2.24, 2.45) is 0 Å². The molecule has 0 amide bonds. The Kier molecular flexibility index (Phi) is 5.67. The summed E-state index contributed by atoms with van der Waals surface area (Å²) < 4.78 is 17.6. The highest BCUT2D eigenvalue weighted by molar-refractivity contribution is 7.84. The van der Waals surface area contributed by atoms with E-state index in [0.717, 1.165) is 25.0 Å². The first-order valence-electron chi connectivity index (χ1n) is 6.45. The van der Waals surface area contributed by atoms with E-state index < -0.39 is 10.8 Å². The third-order valence-corrected chi connectivity index (χ3v) is 4.91. The molecule has 1 fully saturated rings. The first kappa shape index (κ1) is 14.0. The molecule has 2 rings (SSSR count). The maximum absolute atomic E-state index is 12.0. The average molecular weight is 287 g/mol. The lowest BCUT2D eigenvalue weighted by Gasteiger charge is -2.22. The molecular weight excluding hydrogens is 268 g/mol. The molecule has 1 saturated heterocycles. The monoisotopic (exact) mass is 286 g/mol. The minimum absolute atomic E-state index is 0.314. The third kappa shape index (κ3) is 4.38. The quantitative estimate of drug-likeness (QED) is 0.827. The number of hydrogen-bond acceptors (Lipinski definition) is 2. The third-order valence-electron chi connectivity index (χ3n) is 3.22. The van der Waals surface area contributed by atoms with Gasteiger partial charge >= 0.3 is 0 Å². The van der Waals surface area contributed by atoms with Crippen LogP contribution in [0.25, 0.3) is 0 Å². The zero-order chi connectivity index (χ0) is 12.8. The molecular formula is C14H19ClO2S. The van der Waals surface area contributed by atoms with Gasteiger partial charge in [-0.05, 0) is 37.3 Å². The number of benzene rings is 1. The van der Waals surface area contributed by atoms with Gasteiger partial charge in [-0.15, -0.1) is 0 Å². The Morgan fingerprint density at radius 1 is 1.33 bits per heavy atom. The highest BCUT2D eigenvalue weighted by atomic mass is 35.5. The van der Waals surface area contributed by atoms with E-state index in [1.165, 1.54) is 12.8 Å². The van der Waals surface area contributed by atoms with Crippen molar-refractivity contribution in [3.63, 3.8) is 0 Å². The van der Waals surface area contributed by atoms with Gasteiger partial charge in [-0.25, -0.2) is 0 Å². The molecule has 0 aromatic heterocycles. The molecule has 0 N–H and O–H groups in total. The van der Waals surface area contributed by atoms with Crippen molar-refractivity contribution in [3.05, 3.63) is 34.9 Å². The van der Waals surface area contributed by atoms with Crippen molar-refractivity contribution in [2.45, 2.75) is 37.5 Å². The van der Waals surface area contributed by atoms with Gasteiger partial charge < -0.3 is 4.74 Å². The summed E-state index contributed by atoms with van der Waals surface area (Å²) in [6.07, 6.45) is 4.73. The van der Waals surface area contributed by atoms with Crippen molar-refractivity contribution in [1.29, 1.82) is 0 Å². The van der Waals surface area contributed by atoms with Gasteiger partial charge in [-0.1, -0.05) is 29.8 Å². The number of hydrogen-bond donors (Lipinski definition) is 0. The van der Waals surface area contributed by atoms with Gasteiger partial charge in [0.05, 0.1) is 6.10 Å². The lowest BCUT2D eigenvalue weighted by molar-refractivity contribution is 0.0148. The van der Waals surface area contributed by atoms with Crippen LogP contribution in [0.4, 0.5) is 0 Å². The van der Waals surface area contributed by atoms with Crippen LogP contribution in [0.1, 0.15) is 31.2 Å². The molecule has 18 heavy (non-hydrogen) atoms. The van der Waals surface area contributed by atoms with Crippen LogP contribution >= 0.6 is 11.6 Å². The van der Waals surface area contributed by atoms with Gasteiger partial charge in [0.1, 0.15) is 0 Å². The van der Waals surface area contributed by atoms with Crippen LogP contribution < -0.4 is 0 Å². The van der Waals surface area contributed by atoms with E-state index in [9.17, 15) is 4.21 Å². The van der Waals surface area contributed by atoms with Crippen molar-refractivity contribution in [2.75, 3.05) is 12.4 Å². The van der Waals surface area contributed by atoms with E-state index in [-0.39, 0.29) is 0 Å². The summed E-state index contributed by atoms with van der Waals surface area (Å²) >= 11 is 6.06. The molecule has 4 heteroatoms. The maximum atomic E-state index is 12.0. The fourth-order valence-corrected chi connectivity index (χ4v) is 3.71. The predicted molar refractivity (Wildman–Crippen MR) is 76.4 cm³/mol. The molecule has 0 aliphatic carbocycles. The standard InChI is InChI=1S/C14H19ClO2S/c15-14-7-2-1-5-12(14)11-18(16)10-8-13-6-3-4-9-17-13/h1-2,5,7,13H,3-4,6,8-11H2/t13-,18+/m0/s1. The van der Waals surface area contributed by atoms with Crippen molar-refractivity contribution >= 4 is 22.4 Å². The average Bonchev–Trinajstić information content (AvgIpc) is 2.40. The van der Waals surface area contributed by atoms with Gasteiger partial charge in [0.25, 0.3) is 0 Å².